The molecule has 160 valence electrons. The van der Waals surface area contributed by atoms with Gasteiger partial charge in [-0.25, -0.2) is 15.0 Å². The number of hydrogen-bond donors (Lipinski definition) is 1. The number of rotatable bonds is 5. The van der Waals surface area contributed by atoms with Crippen LogP contribution in [0.5, 0.6) is 5.75 Å². The summed E-state index contributed by atoms with van der Waals surface area (Å²) in [6, 6.07) is 6.24. The van der Waals surface area contributed by atoms with Crippen LogP contribution in [-0.2, 0) is 0 Å². The molecule has 0 saturated carbocycles. The van der Waals surface area contributed by atoms with Gasteiger partial charge >= 0.3 is 6.61 Å². The standard InChI is InChI=1S/C21H18F2N4O2S2/c1-9-15-10(2)24-12(4)25-19(15)31-17(9)18(28)27-21-26-16(11(3)30-21)13-5-7-14(8-6-13)29-20(22)23/h5-8,20H,1-4H3,(H,26,27,28). The summed E-state index contributed by atoms with van der Waals surface area (Å²) >= 11 is 2.68. The van der Waals surface area contributed by atoms with Crippen molar-refractivity contribution < 1.29 is 18.3 Å². The first-order valence-electron chi connectivity index (χ1n) is 9.31. The van der Waals surface area contributed by atoms with Crippen molar-refractivity contribution in [2.75, 3.05) is 5.32 Å². The van der Waals surface area contributed by atoms with Crippen LogP contribution in [0.2, 0.25) is 0 Å². The number of aryl methyl sites for hydroxylation is 4. The number of thiophene rings is 1. The zero-order valence-electron chi connectivity index (χ0n) is 17.1. The monoisotopic (exact) mass is 460 g/mol. The van der Waals surface area contributed by atoms with Gasteiger partial charge < -0.3 is 4.74 Å². The molecule has 0 radical (unpaired) electrons. The van der Waals surface area contributed by atoms with Gasteiger partial charge in [0.15, 0.2) is 5.13 Å². The van der Waals surface area contributed by atoms with Gasteiger partial charge in [0.2, 0.25) is 0 Å². The Bertz CT molecular complexity index is 1280. The summed E-state index contributed by atoms with van der Waals surface area (Å²) in [5, 5.41) is 4.23. The fourth-order valence-electron chi connectivity index (χ4n) is 3.36. The van der Waals surface area contributed by atoms with Crippen molar-refractivity contribution in [1.82, 2.24) is 15.0 Å². The summed E-state index contributed by atoms with van der Waals surface area (Å²) in [6.45, 7) is 4.64. The average molecular weight is 461 g/mol. The number of ether oxygens (including phenoxy) is 1. The maximum absolute atomic E-state index is 12.9. The Kier molecular flexibility index (Phi) is 5.67. The fraction of sp³-hybridized carbons (Fsp3) is 0.238. The van der Waals surface area contributed by atoms with Crippen molar-refractivity contribution in [3.63, 3.8) is 0 Å². The minimum Gasteiger partial charge on any atom is -0.435 e. The van der Waals surface area contributed by atoms with Gasteiger partial charge in [-0.2, -0.15) is 8.78 Å². The van der Waals surface area contributed by atoms with Crippen molar-refractivity contribution in [2.45, 2.75) is 34.3 Å². The summed E-state index contributed by atoms with van der Waals surface area (Å²) in [5.41, 5.74) is 3.12. The molecule has 0 spiro atoms. The van der Waals surface area contributed by atoms with Crippen molar-refractivity contribution in [2.24, 2.45) is 0 Å². The first kappa shape index (κ1) is 21.3. The van der Waals surface area contributed by atoms with Crippen molar-refractivity contribution in [3.8, 4) is 17.0 Å². The third-order valence-corrected chi connectivity index (χ3v) is 6.73. The van der Waals surface area contributed by atoms with E-state index in [0.717, 1.165) is 31.9 Å². The second-order valence-electron chi connectivity index (χ2n) is 6.87. The third kappa shape index (κ3) is 4.26. The lowest BCUT2D eigenvalue weighted by Crippen LogP contribution is -2.11. The number of nitrogens with zero attached hydrogens (tertiary/aromatic N) is 3. The van der Waals surface area contributed by atoms with E-state index < -0.39 is 6.61 Å². The molecule has 4 aromatic rings. The van der Waals surface area contributed by atoms with Crippen LogP contribution >= 0.6 is 22.7 Å². The summed E-state index contributed by atoms with van der Waals surface area (Å²) in [7, 11) is 0. The zero-order valence-corrected chi connectivity index (χ0v) is 18.8. The average Bonchev–Trinajstić information content (AvgIpc) is 3.21. The number of carbonyl (C=O) groups is 1. The van der Waals surface area contributed by atoms with Crippen molar-refractivity contribution >= 4 is 43.9 Å². The quantitative estimate of drug-likeness (QED) is 0.401. The second kappa shape index (κ2) is 8.27. The molecule has 3 heterocycles. The molecule has 4 rings (SSSR count). The molecule has 0 atom stereocenters. The summed E-state index contributed by atoms with van der Waals surface area (Å²) in [6.07, 6.45) is 0. The number of carbonyl (C=O) groups excluding carboxylic acids is 1. The van der Waals surface area contributed by atoms with Crippen LogP contribution in [0.1, 0.15) is 31.6 Å². The Hall–Kier alpha value is -2.98. The molecule has 0 bridgehead atoms. The minimum absolute atomic E-state index is 0.0778. The molecule has 6 nitrogen and oxygen atoms in total. The largest absolute Gasteiger partial charge is 0.435 e. The van der Waals surface area contributed by atoms with Crippen LogP contribution in [-0.4, -0.2) is 27.5 Å². The van der Waals surface area contributed by atoms with Gasteiger partial charge in [0.1, 0.15) is 16.4 Å². The normalized spacial score (nSPS) is 11.3. The number of fused-ring (bicyclic) bond motifs is 1. The van der Waals surface area contributed by atoms with E-state index in [-0.39, 0.29) is 11.7 Å². The predicted octanol–water partition coefficient (Wildman–Crippen LogP) is 5.90. The molecule has 0 aliphatic rings. The number of amides is 1. The van der Waals surface area contributed by atoms with E-state index in [9.17, 15) is 13.6 Å². The maximum Gasteiger partial charge on any atom is 0.387 e. The van der Waals surface area contributed by atoms with E-state index in [0.29, 0.717) is 21.5 Å². The van der Waals surface area contributed by atoms with E-state index in [2.05, 4.69) is 25.0 Å². The van der Waals surface area contributed by atoms with Crippen LogP contribution in [0, 0.1) is 27.7 Å². The smallest absolute Gasteiger partial charge is 0.387 e. The van der Waals surface area contributed by atoms with Gasteiger partial charge in [-0.1, -0.05) is 0 Å². The highest BCUT2D eigenvalue weighted by molar-refractivity contribution is 7.21. The molecule has 1 N–H and O–H groups in total. The molecular weight excluding hydrogens is 442 g/mol. The van der Waals surface area contributed by atoms with Crippen molar-refractivity contribution in [1.29, 1.82) is 0 Å². The molecule has 1 amide bonds. The molecule has 0 aliphatic heterocycles. The number of alkyl halides is 2. The third-order valence-electron chi connectivity index (χ3n) is 4.66. The van der Waals surface area contributed by atoms with E-state index in [1.165, 1.54) is 34.8 Å². The highest BCUT2D eigenvalue weighted by Crippen LogP contribution is 2.34. The van der Waals surface area contributed by atoms with Crippen LogP contribution in [0.25, 0.3) is 21.5 Å². The zero-order chi connectivity index (χ0) is 22.3. The number of anilines is 1. The number of benzene rings is 1. The SMILES string of the molecule is Cc1nc(C)c2c(C)c(C(=O)Nc3nc(-c4ccc(OC(F)F)cc4)c(C)s3)sc2n1. The lowest BCUT2D eigenvalue weighted by molar-refractivity contribution is -0.0498. The summed E-state index contributed by atoms with van der Waals surface area (Å²) in [4.78, 5) is 28.6. The number of nitrogens with one attached hydrogen (secondary N) is 1. The first-order chi connectivity index (χ1) is 14.7. The first-order valence-corrected chi connectivity index (χ1v) is 10.9. The van der Waals surface area contributed by atoms with Gasteiger partial charge in [-0.3, -0.25) is 10.1 Å². The molecule has 0 unspecified atom stereocenters. The Morgan fingerprint density at radius 3 is 2.42 bits per heavy atom. The molecule has 3 aromatic heterocycles. The molecule has 1 aromatic carbocycles. The molecule has 31 heavy (non-hydrogen) atoms. The second-order valence-corrected chi connectivity index (χ2v) is 9.08. The maximum atomic E-state index is 12.9. The Balaban J connectivity index is 1.58. The topological polar surface area (TPSA) is 77.0 Å². The lowest BCUT2D eigenvalue weighted by atomic mass is 10.1. The molecule has 0 saturated heterocycles. The molecular formula is C21H18F2N4O2S2. The fourth-order valence-corrected chi connectivity index (χ4v) is 5.36. The molecule has 10 heteroatoms. The number of thiazole rings is 1. The number of hydrogen-bond acceptors (Lipinski definition) is 7. The van der Waals surface area contributed by atoms with Crippen LogP contribution < -0.4 is 10.1 Å². The summed E-state index contributed by atoms with van der Waals surface area (Å²) < 4.78 is 29.0. The minimum atomic E-state index is -2.87. The van der Waals surface area contributed by atoms with Gasteiger partial charge in [0, 0.05) is 21.5 Å². The van der Waals surface area contributed by atoms with E-state index >= 15 is 0 Å². The van der Waals surface area contributed by atoms with Crippen LogP contribution in [0.4, 0.5) is 13.9 Å². The molecule has 0 fully saturated rings. The highest BCUT2D eigenvalue weighted by Gasteiger charge is 2.20. The highest BCUT2D eigenvalue weighted by atomic mass is 32.1. The van der Waals surface area contributed by atoms with Crippen LogP contribution in [0.15, 0.2) is 24.3 Å². The van der Waals surface area contributed by atoms with E-state index in [1.54, 1.807) is 12.1 Å². The Morgan fingerprint density at radius 1 is 1.03 bits per heavy atom. The Labute approximate surface area is 185 Å². The van der Waals surface area contributed by atoms with Crippen molar-refractivity contribution in [3.05, 3.63) is 51.1 Å². The van der Waals surface area contributed by atoms with E-state index in [1.807, 2.05) is 27.7 Å². The molecule has 0 aliphatic carbocycles. The van der Waals surface area contributed by atoms with Gasteiger partial charge in [-0.15, -0.1) is 22.7 Å². The summed E-state index contributed by atoms with van der Waals surface area (Å²) in [5.74, 6) is 0.496. The number of aromatic nitrogens is 3. The lowest BCUT2D eigenvalue weighted by Gasteiger charge is -2.05. The Morgan fingerprint density at radius 2 is 1.74 bits per heavy atom. The van der Waals surface area contributed by atoms with E-state index in [4.69, 9.17) is 0 Å². The van der Waals surface area contributed by atoms with Crippen LogP contribution in [0.3, 0.4) is 0 Å². The van der Waals surface area contributed by atoms with Gasteiger partial charge in [0.25, 0.3) is 5.91 Å². The number of halogens is 2. The van der Waals surface area contributed by atoms with Gasteiger partial charge in [0.05, 0.1) is 10.6 Å². The van der Waals surface area contributed by atoms with Gasteiger partial charge in [-0.05, 0) is 57.5 Å². The predicted molar refractivity (Wildman–Crippen MR) is 118 cm³/mol.